The minimum atomic E-state index is -0.958. The first-order valence-electron chi connectivity index (χ1n) is 5.49. The molecule has 0 radical (unpaired) electrons. The molecule has 4 heteroatoms. The minimum absolute atomic E-state index is 0.200. The van der Waals surface area contributed by atoms with Crippen LogP contribution in [-0.4, -0.2) is 20.9 Å². The number of carbonyl (C=O) groups is 1. The summed E-state index contributed by atoms with van der Waals surface area (Å²) < 4.78 is 1.39. The lowest BCUT2D eigenvalue weighted by molar-refractivity contribution is 0.0685. The second-order valence-electron chi connectivity index (χ2n) is 3.85. The molecular formula is C13H14N2O2. The summed E-state index contributed by atoms with van der Waals surface area (Å²) in [5.74, 6) is -0.958. The van der Waals surface area contributed by atoms with Crippen LogP contribution in [0.15, 0.2) is 30.3 Å². The molecule has 2 rings (SSSR count). The topological polar surface area (TPSA) is 55.1 Å². The minimum Gasteiger partial charge on any atom is -0.477 e. The molecule has 2 aromatic rings. The van der Waals surface area contributed by atoms with Gasteiger partial charge < -0.3 is 5.11 Å². The molecule has 0 aliphatic heterocycles. The van der Waals surface area contributed by atoms with Crippen LogP contribution in [-0.2, 0) is 13.5 Å². The summed E-state index contributed by atoms with van der Waals surface area (Å²) in [7, 11) is 1.64. The van der Waals surface area contributed by atoms with Crippen molar-refractivity contribution in [3.8, 4) is 11.3 Å². The molecule has 88 valence electrons. The predicted molar refractivity (Wildman–Crippen MR) is 65.0 cm³/mol. The van der Waals surface area contributed by atoms with Gasteiger partial charge in [-0.2, -0.15) is 5.10 Å². The predicted octanol–water partition coefficient (Wildman–Crippen LogP) is 2.35. The van der Waals surface area contributed by atoms with Crippen molar-refractivity contribution in [2.45, 2.75) is 13.3 Å². The second kappa shape index (κ2) is 4.41. The Balaban J connectivity index is 2.53. The highest BCUT2D eigenvalue weighted by atomic mass is 16.4. The number of benzene rings is 1. The number of rotatable bonds is 3. The molecule has 0 saturated heterocycles. The zero-order valence-corrected chi connectivity index (χ0v) is 9.84. The smallest absolute Gasteiger partial charge is 0.354 e. The van der Waals surface area contributed by atoms with Crippen molar-refractivity contribution in [1.82, 2.24) is 9.78 Å². The fourth-order valence-corrected chi connectivity index (χ4v) is 1.88. The van der Waals surface area contributed by atoms with Crippen molar-refractivity contribution in [2.24, 2.45) is 7.05 Å². The first kappa shape index (κ1) is 11.4. The van der Waals surface area contributed by atoms with Gasteiger partial charge in [-0.3, -0.25) is 4.68 Å². The lowest BCUT2D eigenvalue weighted by Gasteiger charge is -2.03. The van der Waals surface area contributed by atoms with Crippen LogP contribution in [0.1, 0.15) is 23.0 Å². The van der Waals surface area contributed by atoms with Crippen LogP contribution in [0.3, 0.4) is 0 Å². The molecular weight excluding hydrogens is 216 g/mol. The summed E-state index contributed by atoms with van der Waals surface area (Å²) in [5, 5.41) is 13.2. The van der Waals surface area contributed by atoms with Gasteiger partial charge in [0.15, 0.2) is 0 Å². The standard InChI is InChI=1S/C13H14N2O2/c1-3-9-6-4-5-7-10(9)11-8-12(13(16)17)15(2)14-11/h4-8H,3H2,1-2H3,(H,16,17). The Kier molecular flexibility index (Phi) is 2.95. The molecule has 0 fully saturated rings. The van der Waals surface area contributed by atoms with Crippen molar-refractivity contribution in [3.05, 3.63) is 41.6 Å². The number of aryl methyl sites for hydroxylation is 2. The van der Waals surface area contributed by atoms with Gasteiger partial charge in [-0.1, -0.05) is 31.2 Å². The molecule has 0 bridgehead atoms. The Bertz CT molecular complexity index is 558. The van der Waals surface area contributed by atoms with E-state index in [2.05, 4.69) is 12.0 Å². The summed E-state index contributed by atoms with van der Waals surface area (Å²) in [6, 6.07) is 9.51. The highest BCUT2D eigenvalue weighted by Crippen LogP contribution is 2.23. The number of aromatic carboxylic acids is 1. The van der Waals surface area contributed by atoms with Crippen LogP contribution in [0.5, 0.6) is 0 Å². The zero-order valence-electron chi connectivity index (χ0n) is 9.84. The molecule has 0 unspecified atom stereocenters. The van der Waals surface area contributed by atoms with Crippen molar-refractivity contribution in [3.63, 3.8) is 0 Å². The molecule has 17 heavy (non-hydrogen) atoms. The molecule has 1 heterocycles. The summed E-state index contributed by atoms with van der Waals surface area (Å²) in [5.41, 5.74) is 3.08. The lowest BCUT2D eigenvalue weighted by atomic mass is 10.0. The number of hydrogen-bond donors (Lipinski definition) is 1. The largest absolute Gasteiger partial charge is 0.477 e. The molecule has 0 amide bonds. The summed E-state index contributed by atoms with van der Waals surface area (Å²) in [6.45, 7) is 2.07. The Hall–Kier alpha value is -2.10. The number of carboxylic acids is 1. The second-order valence-corrected chi connectivity index (χ2v) is 3.85. The van der Waals surface area contributed by atoms with Gasteiger partial charge in [0.2, 0.25) is 0 Å². The van der Waals surface area contributed by atoms with Gasteiger partial charge in [-0.15, -0.1) is 0 Å². The molecule has 1 N–H and O–H groups in total. The van der Waals surface area contributed by atoms with E-state index in [1.807, 2.05) is 24.3 Å². The molecule has 4 nitrogen and oxygen atoms in total. The molecule has 0 aliphatic rings. The van der Waals surface area contributed by atoms with Gasteiger partial charge in [0.05, 0.1) is 5.69 Å². The fourth-order valence-electron chi connectivity index (χ4n) is 1.88. The Labute approximate surface area is 99.5 Å². The number of hydrogen-bond acceptors (Lipinski definition) is 2. The van der Waals surface area contributed by atoms with Gasteiger partial charge in [0, 0.05) is 12.6 Å². The normalized spacial score (nSPS) is 10.5. The van der Waals surface area contributed by atoms with Crippen molar-refractivity contribution in [1.29, 1.82) is 0 Å². The van der Waals surface area contributed by atoms with Gasteiger partial charge in [-0.05, 0) is 18.1 Å². The van der Waals surface area contributed by atoms with Crippen LogP contribution in [0.25, 0.3) is 11.3 Å². The highest BCUT2D eigenvalue weighted by molar-refractivity contribution is 5.87. The van der Waals surface area contributed by atoms with E-state index in [4.69, 9.17) is 5.11 Å². The van der Waals surface area contributed by atoms with Crippen LogP contribution in [0.2, 0.25) is 0 Å². The third kappa shape index (κ3) is 2.06. The summed E-state index contributed by atoms with van der Waals surface area (Å²) >= 11 is 0. The maximum absolute atomic E-state index is 11.0. The van der Waals surface area contributed by atoms with Gasteiger partial charge in [0.1, 0.15) is 5.69 Å². The van der Waals surface area contributed by atoms with Crippen LogP contribution in [0.4, 0.5) is 0 Å². The van der Waals surface area contributed by atoms with Crippen LogP contribution in [0, 0.1) is 0 Å². The quantitative estimate of drug-likeness (QED) is 0.880. The van der Waals surface area contributed by atoms with Gasteiger partial charge >= 0.3 is 5.97 Å². The van der Waals surface area contributed by atoms with E-state index in [-0.39, 0.29) is 5.69 Å². The van der Waals surface area contributed by atoms with Crippen LogP contribution < -0.4 is 0 Å². The average molecular weight is 230 g/mol. The molecule has 1 aromatic carbocycles. The number of nitrogens with zero attached hydrogens (tertiary/aromatic N) is 2. The van der Waals surface area contributed by atoms with Crippen molar-refractivity contribution >= 4 is 5.97 Å². The van der Waals surface area contributed by atoms with E-state index in [1.54, 1.807) is 13.1 Å². The Morgan fingerprint density at radius 3 is 2.71 bits per heavy atom. The van der Waals surface area contributed by atoms with Gasteiger partial charge in [-0.25, -0.2) is 4.79 Å². The van der Waals surface area contributed by atoms with E-state index in [1.165, 1.54) is 10.2 Å². The molecule has 0 saturated carbocycles. The molecule has 0 atom stereocenters. The SMILES string of the molecule is CCc1ccccc1-c1cc(C(=O)O)n(C)n1. The summed E-state index contributed by atoms with van der Waals surface area (Å²) in [6.07, 6.45) is 0.898. The zero-order chi connectivity index (χ0) is 12.4. The average Bonchev–Trinajstić information content (AvgIpc) is 2.71. The van der Waals surface area contributed by atoms with Crippen molar-refractivity contribution < 1.29 is 9.90 Å². The molecule has 0 aliphatic carbocycles. The van der Waals surface area contributed by atoms with Gasteiger partial charge in [0.25, 0.3) is 0 Å². The fraction of sp³-hybridized carbons (Fsp3) is 0.231. The monoisotopic (exact) mass is 230 g/mol. The lowest BCUT2D eigenvalue weighted by Crippen LogP contribution is -2.04. The third-order valence-electron chi connectivity index (χ3n) is 2.77. The van der Waals surface area contributed by atoms with Crippen molar-refractivity contribution in [2.75, 3.05) is 0 Å². The van der Waals surface area contributed by atoms with E-state index in [0.29, 0.717) is 5.69 Å². The van der Waals surface area contributed by atoms with E-state index in [9.17, 15) is 4.79 Å². The van der Waals surface area contributed by atoms with E-state index in [0.717, 1.165) is 12.0 Å². The third-order valence-corrected chi connectivity index (χ3v) is 2.77. The maximum Gasteiger partial charge on any atom is 0.354 e. The Morgan fingerprint density at radius 1 is 1.41 bits per heavy atom. The Morgan fingerprint density at radius 2 is 2.12 bits per heavy atom. The number of aromatic nitrogens is 2. The van der Waals surface area contributed by atoms with E-state index >= 15 is 0 Å². The number of carboxylic acid groups (broad SMARTS) is 1. The maximum atomic E-state index is 11.0. The molecule has 0 spiro atoms. The molecule has 1 aromatic heterocycles. The first-order chi connectivity index (χ1) is 8.13. The van der Waals surface area contributed by atoms with E-state index < -0.39 is 5.97 Å². The first-order valence-corrected chi connectivity index (χ1v) is 5.49. The summed E-state index contributed by atoms with van der Waals surface area (Å²) in [4.78, 5) is 11.0. The van der Waals surface area contributed by atoms with Crippen LogP contribution >= 0.6 is 0 Å². The highest BCUT2D eigenvalue weighted by Gasteiger charge is 2.14.